The lowest BCUT2D eigenvalue weighted by Gasteiger charge is -2.42. The molecule has 4 aromatic carbocycles. The summed E-state index contributed by atoms with van der Waals surface area (Å²) in [5, 5.41) is 12.2. The maximum atomic E-state index is 12.0. The number of rotatable bonds is 10. The van der Waals surface area contributed by atoms with Gasteiger partial charge in [-0.25, -0.2) is 0 Å². The Morgan fingerprint density at radius 2 is 1.49 bits per heavy atom. The molecule has 0 radical (unpaired) electrons. The maximum Gasteiger partial charge on any atom is 0.272 e. The summed E-state index contributed by atoms with van der Waals surface area (Å²) >= 11 is 17.0. The van der Waals surface area contributed by atoms with E-state index >= 15 is 0 Å². The fraction of sp³-hybridized carbons (Fsp3) is 0.306. The molecule has 1 fully saturated rings. The molecule has 45 heavy (non-hydrogen) atoms. The van der Waals surface area contributed by atoms with Crippen molar-refractivity contribution in [2.75, 3.05) is 13.6 Å². The van der Waals surface area contributed by atoms with Gasteiger partial charge in [0.2, 0.25) is 0 Å². The Balaban J connectivity index is 1.34. The molecule has 2 N–H and O–H groups in total. The predicted molar refractivity (Wildman–Crippen MR) is 180 cm³/mol. The fourth-order valence-corrected chi connectivity index (χ4v) is 5.77. The Kier molecular flexibility index (Phi) is 11.2. The van der Waals surface area contributed by atoms with Crippen LogP contribution in [0.15, 0.2) is 103 Å². The molecule has 6 nitrogen and oxygen atoms in total. The van der Waals surface area contributed by atoms with Crippen LogP contribution in [0.25, 0.3) is 11.1 Å². The quantitative estimate of drug-likeness (QED) is 0.169. The highest BCUT2D eigenvalue weighted by Crippen LogP contribution is 2.42. The molecule has 0 aromatic heterocycles. The van der Waals surface area contributed by atoms with Crippen molar-refractivity contribution in [2.24, 2.45) is 5.92 Å². The van der Waals surface area contributed by atoms with Crippen LogP contribution in [0.1, 0.15) is 47.1 Å². The lowest BCUT2D eigenvalue weighted by Crippen LogP contribution is -2.43. The van der Waals surface area contributed by atoms with Crippen LogP contribution in [0.4, 0.5) is 0 Å². The van der Waals surface area contributed by atoms with Gasteiger partial charge in [0.1, 0.15) is 0 Å². The third kappa shape index (κ3) is 8.87. The van der Waals surface area contributed by atoms with Crippen LogP contribution < -0.4 is 5.32 Å². The number of nitrogens with one attached hydrogen (secondary N) is 1. The molecule has 0 saturated carbocycles. The minimum absolute atomic E-state index is 0.00114. The first-order valence-electron chi connectivity index (χ1n) is 14.9. The minimum atomic E-state index is -2.01. The first kappa shape index (κ1) is 33.4. The van der Waals surface area contributed by atoms with Gasteiger partial charge in [0.05, 0.1) is 18.8 Å². The number of carbonyl (C=O) groups is 1. The van der Waals surface area contributed by atoms with E-state index in [-0.39, 0.29) is 31.3 Å². The number of aliphatic hydroxyl groups is 1. The van der Waals surface area contributed by atoms with Crippen molar-refractivity contribution in [1.29, 1.82) is 0 Å². The molecule has 0 spiro atoms. The summed E-state index contributed by atoms with van der Waals surface area (Å²) in [7, 11) is 2.12. The van der Waals surface area contributed by atoms with Crippen LogP contribution in [0.5, 0.6) is 0 Å². The molecular weight excluding hydrogens is 631 g/mol. The van der Waals surface area contributed by atoms with Gasteiger partial charge in [-0.2, -0.15) is 0 Å². The number of halogens is 3. The van der Waals surface area contributed by atoms with E-state index < -0.39 is 16.0 Å². The highest BCUT2D eigenvalue weighted by atomic mass is 35.6. The van der Waals surface area contributed by atoms with Gasteiger partial charge in [0, 0.05) is 31.1 Å². The number of alkyl halides is 3. The smallest absolute Gasteiger partial charge is 0.272 e. The van der Waals surface area contributed by atoms with Crippen molar-refractivity contribution in [1.82, 2.24) is 10.2 Å². The largest absolute Gasteiger partial charge is 0.392 e. The van der Waals surface area contributed by atoms with Crippen molar-refractivity contribution in [3.63, 3.8) is 0 Å². The van der Waals surface area contributed by atoms with Gasteiger partial charge in [-0.05, 0) is 46.5 Å². The standard InChI is InChI=1S/C36H37Cl3N2O4/c1-24-32(22-41(2)21-25-7-4-3-5-8-25)44-34(45-33(24)29-13-11-26(23-42)12-14-29)30-17-15-28(16-18-30)31-10-6-9-27(19-31)20-40-35(43)36(37,38)39/h3-19,24,32-34,42H,20-23H2,1-2H3,(H,40,43)/t24-,32+,33+,34+/m0/s1. The van der Waals surface area contributed by atoms with Gasteiger partial charge < -0.3 is 19.9 Å². The summed E-state index contributed by atoms with van der Waals surface area (Å²) in [5.41, 5.74) is 6.96. The molecule has 0 bridgehead atoms. The molecule has 236 valence electrons. The number of amides is 1. The summed E-state index contributed by atoms with van der Waals surface area (Å²) in [6.07, 6.45) is -0.832. The van der Waals surface area contributed by atoms with E-state index in [0.717, 1.165) is 46.5 Å². The third-order valence-electron chi connectivity index (χ3n) is 8.06. The van der Waals surface area contributed by atoms with Crippen LogP contribution >= 0.6 is 34.8 Å². The second-order valence-corrected chi connectivity index (χ2v) is 13.8. The van der Waals surface area contributed by atoms with Gasteiger partial charge in [-0.1, -0.05) is 139 Å². The lowest BCUT2D eigenvalue weighted by atomic mass is 9.90. The van der Waals surface area contributed by atoms with E-state index in [2.05, 4.69) is 48.5 Å². The molecule has 0 unspecified atom stereocenters. The van der Waals surface area contributed by atoms with Crippen molar-refractivity contribution in [3.05, 3.63) is 131 Å². The minimum Gasteiger partial charge on any atom is -0.392 e. The van der Waals surface area contributed by atoms with Crippen molar-refractivity contribution in [3.8, 4) is 11.1 Å². The summed E-state index contributed by atoms with van der Waals surface area (Å²) < 4.78 is 11.3. The molecule has 1 amide bonds. The zero-order valence-corrected chi connectivity index (χ0v) is 27.5. The number of carbonyl (C=O) groups excluding carboxylic acids is 1. The molecule has 0 aliphatic carbocycles. The summed E-state index contributed by atoms with van der Waals surface area (Å²) in [6.45, 7) is 3.96. The number of hydrogen-bond acceptors (Lipinski definition) is 5. The van der Waals surface area contributed by atoms with Crippen LogP contribution in [0, 0.1) is 5.92 Å². The fourth-order valence-electron chi connectivity index (χ4n) is 5.57. The SMILES string of the molecule is C[C@H]1[C@@H](CN(C)Cc2ccccc2)O[C@@H](c2ccc(-c3cccc(CNC(=O)C(Cl)(Cl)Cl)c3)cc2)O[C@H]1c1ccc(CO)cc1. The number of aliphatic hydroxyl groups excluding tert-OH is 1. The van der Waals surface area contributed by atoms with Crippen LogP contribution in [0.2, 0.25) is 0 Å². The predicted octanol–water partition coefficient (Wildman–Crippen LogP) is 7.76. The van der Waals surface area contributed by atoms with Crippen molar-refractivity contribution < 1.29 is 19.4 Å². The normalized spacial score (nSPS) is 20.2. The number of ether oxygens (including phenoxy) is 2. The molecule has 1 aliphatic heterocycles. The number of likely N-dealkylation sites (N-methyl/N-ethyl adjacent to an activating group) is 1. The Hall–Kier alpha value is -2.94. The van der Waals surface area contributed by atoms with E-state index in [1.54, 1.807) is 0 Å². The zero-order chi connectivity index (χ0) is 32.0. The molecule has 9 heteroatoms. The van der Waals surface area contributed by atoms with E-state index in [0.29, 0.717) is 0 Å². The Morgan fingerprint density at radius 1 is 0.822 bits per heavy atom. The first-order valence-corrected chi connectivity index (χ1v) is 16.0. The van der Waals surface area contributed by atoms with E-state index in [1.165, 1.54) is 5.56 Å². The molecule has 5 rings (SSSR count). The molecule has 4 atom stereocenters. The molecular formula is C36H37Cl3N2O4. The average Bonchev–Trinajstić information content (AvgIpc) is 3.05. The Morgan fingerprint density at radius 3 is 2.16 bits per heavy atom. The lowest BCUT2D eigenvalue weighted by molar-refractivity contribution is -0.276. The van der Waals surface area contributed by atoms with Gasteiger partial charge in [-0.15, -0.1) is 0 Å². The van der Waals surface area contributed by atoms with E-state index in [1.807, 2.05) is 78.9 Å². The second kappa shape index (κ2) is 15.1. The first-order chi connectivity index (χ1) is 21.6. The van der Waals surface area contributed by atoms with Crippen LogP contribution in [-0.2, 0) is 34.0 Å². The maximum absolute atomic E-state index is 12.0. The van der Waals surface area contributed by atoms with Crippen molar-refractivity contribution >= 4 is 40.7 Å². The average molecular weight is 668 g/mol. The topological polar surface area (TPSA) is 71.0 Å². The number of hydrogen-bond donors (Lipinski definition) is 2. The molecule has 1 heterocycles. The van der Waals surface area contributed by atoms with E-state index in [4.69, 9.17) is 44.3 Å². The summed E-state index contributed by atoms with van der Waals surface area (Å²) in [4.78, 5) is 14.3. The highest BCUT2D eigenvalue weighted by Gasteiger charge is 2.39. The monoisotopic (exact) mass is 666 g/mol. The van der Waals surface area contributed by atoms with Crippen LogP contribution in [0.3, 0.4) is 0 Å². The van der Waals surface area contributed by atoms with Gasteiger partial charge in [0.15, 0.2) is 6.29 Å². The molecule has 1 aliphatic rings. The molecule has 1 saturated heterocycles. The number of benzene rings is 4. The molecule has 4 aromatic rings. The Labute approximate surface area is 279 Å². The van der Waals surface area contributed by atoms with Gasteiger partial charge >= 0.3 is 0 Å². The second-order valence-electron chi connectivity index (χ2n) is 11.5. The van der Waals surface area contributed by atoms with E-state index in [9.17, 15) is 9.90 Å². The third-order valence-corrected chi connectivity index (χ3v) is 8.58. The summed E-state index contributed by atoms with van der Waals surface area (Å²) in [5.74, 6) is -0.584. The zero-order valence-electron chi connectivity index (χ0n) is 25.2. The summed E-state index contributed by atoms with van der Waals surface area (Å²) in [6, 6.07) is 34.4. The number of nitrogens with zero attached hydrogens (tertiary/aromatic N) is 1. The Bertz CT molecular complexity index is 1550. The van der Waals surface area contributed by atoms with Crippen molar-refractivity contribution in [2.45, 2.75) is 48.9 Å². The highest BCUT2D eigenvalue weighted by molar-refractivity contribution is 6.76. The van der Waals surface area contributed by atoms with Gasteiger partial charge in [0.25, 0.3) is 9.70 Å². The van der Waals surface area contributed by atoms with Crippen LogP contribution in [-0.4, -0.2) is 39.4 Å². The van der Waals surface area contributed by atoms with Gasteiger partial charge in [-0.3, -0.25) is 9.69 Å².